The number of carbonyl (C=O) groups is 2. The molecule has 0 aromatic rings. The van der Waals surface area contributed by atoms with Crippen molar-refractivity contribution in [2.45, 2.75) is 0 Å². The summed E-state index contributed by atoms with van der Waals surface area (Å²) in [6.07, 6.45) is 0.697. The van der Waals surface area contributed by atoms with Crippen molar-refractivity contribution in [3.05, 3.63) is 10.2 Å². The summed E-state index contributed by atoms with van der Waals surface area (Å²) in [7, 11) is 0. The van der Waals surface area contributed by atoms with Crippen LogP contribution in [0.1, 0.15) is 0 Å². The van der Waals surface area contributed by atoms with Crippen molar-refractivity contribution in [2.75, 3.05) is 0 Å². The molecule has 0 unspecified atom stereocenters. The van der Waals surface area contributed by atoms with Crippen LogP contribution < -0.4 is 0 Å². The molecule has 0 fully saturated rings. The monoisotopic (exact) mass is 179 g/mol. The van der Waals surface area contributed by atoms with Crippen LogP contribution in [0.2, 0.25) is 0 Å². The van der Waals surface area contributed by atoms with E-state index >= 15 is 0 Å². The zero-order chi connectivity index (χ0) is 7.44. The molecular weight excluding hydrogens is 177 g/mol. The topological polar surface area (TPSA) is 74.6 Å². The average molecular weight is 180 g/mol. The van der Waals surface area contributed by atoms with Gasteiger partial charge in [0.1, 0.15) is 0 Å². The molecule has 0 radical (unpaired) electrons. The number of carboxylic acid groups (broad SMARTS) is 2. The summed E-state index contributed by atoms with van der Waals surface area (Å²) < 4.78 is -0.0532. The van der Waals surface area contributed by atoms with Gasteiger partial charge in [0.15, 0.2) is 0 Å². The van der Waals surface area contributed by atoms with Crippen LogP contribution in [0.15, 0.2) is 10.2 Å². The molecule has 0 heterocycles. The Kier molecular flexibility index (Phi) is 3.09. The molecule has 0 atom stereocenters. The van der Waals surface area contributed by atoms with Crippen molar-refractivity contribution in [3.63, 3.8) is 0 Å². The summed E-state index contributed by atoms with van der Waals surface area (Å²) in [6, 6.07) is 0. The Hall–Kier alpha value is -0.697. The molecule has 5 heteroatoms. The summed E-state index contributed by atoms with van der Waals surface area (Å²) in [4.78, 5) is 19.7. The Morgan fingerprint density at radius 1 is 1.33 bits per heavy atom. The van der Waals surface area contributed by atoms with Gasteiger partial charge in [-0.3, -0.25) is 0 Å². The molecule has 0 spiro atoms. The number of hydrogen-bond donors (Lipinski definition) is 2. The van der Waals surface area contributed by atoms with E-state index in [1.165, 1.54) is 0 Å². The summed E-state index contributed by atoms with van der Waals surface area (Å²) >= 11 is 0.349. The zero-order valence-electron chi connectivity index (χ0n) is 4.50. The van der Waals surface area contributed by atoms with Crippen LogP contribution in [0.25, 0.3) is 0 Å². The molecule has 0 aliphatic rings. The molecule has 0 rings (SSSR count). The Morgan fingerprint density at radius 3 is 1.89 bits per heavy atom. The number of hydrogen-bond acceptors (Lipinski definition) is 2. The summed E-state index contributed by atoms with van der Waals surface area (Å²) in [5, 5.41) is 16.1. The molecule has 0 saturated carbocycles. The van der Waals surface area contributed by atoms with E-state index < -0.39 is 11.9 Å². The van der Waals surface area contributed by atoms with E-state index in [4.69, 9.17) is 10.2 Å². The van der Waals surface area contributed by atoms with E-state index in [0.29, 0.717) is 24.4 Å². The van der Waals surface area contributed by atoms with Crippen LogP contribution in [0, 0.1) is 0 Å². The molecule has 4 nitrogen and oxygen atoms in total. The van der Waals surface area contributed by atoms with E-state index in [1.54, 1.807) is 0 Å². The zero-order valence-corrected chi connectivity index (χ0v) is 7.46. The minimum atomic E-state index is -1.21. The average Bonchev–Trinajstić information content (AvgIpc) is 1.63. The third kappa shape index (κ3) is 3.85. The Bertz CT molecular complexity index is 171. The van der Waals surface area contributed by atoms with Gasteiger partial charge in [0.25, 0.3) is 0 Å². The fourth-order valence-electron chi connectivity index (χ4n) is 0.211. The van der Waals surface area contributed by atoms with E-state index in [2.05, 4.69) is 0 Å². The minimum absolute atomic E-state index is 0.0532. The first kappa shape index (κ1) is 8.30. The second-order valence-electron chi connectivity index (χ2n) is 1.31. The van der Waals surface area contributed by atoms with Crippen molar-refractivity contribution in [3.8, 4) is 0 Å². The van der Waals surface area contributed by atoms with Crippen LogP contribution in [-0.4, -0.2) is 22.2 Å². The molecule has 0 aliphatic heterocycles. The molecule has 0 aromatic heterocycles. The summed E-state index contributed by atoms with van der Waals surface area (Å²) in [5.74, 6) is -2.36. The van der Waals surface area contributed by atoms with Crippen LogP contribution in [0.3, 0.4) is 0 Å². The van der Waals surface area contributed by atoms with Gasteiger partial charge < -0.3 is 0 Å². The Morgan fingerprint density at radius 2 is 1.78 bits per heavy atom. The maximum absolute atomic E-state index is 9.93. The van der Waals surface area contributed by atoms with Gasteiger partial charge in [-0.1, -0.05) is 0 Å². The number of rotatable bonds is 2. The SMILES string of the molecule is O=C(O)/C=[C](/[Zn])C(=O)O. The first-order valence-electron chi connectivity index (χ1n) is 2.04. The molecule has 0 saturated heterocycles. The van der Waals surface area contributed by atoms with E-state index in [1.807, 2.05) is 0 Å². The molecule has 0 aromatic carbocycles. The van der Waals surface area contributed by atoms with Gasteiger partial charge in [0.05, 0.1) is 0 Å². The standard InChI is InChI=1S/C4H3O4.Zn/c5-3(6)1-2-4(7)8;/h1H,(H,5,6)(H,7,8);. The van der Waals surface area contributed by atoms with Crippen molar-refractivity contribution in [1.29, 1.82) is 0 Å². The summed E-state index contributed by atoms with van der Waals surface area (Å²) in [5.41, 5.74) is 0. The predicted octanol–water partition coefficient (Wildman–Crippen LogP) is -0.414. The van der Waals surface area contributed by atoms with Crippen molar-refractivity contribution in [1.82, 2.24) is 0 Å². The van der Waals surface area contributed by atoms with Gasteiger partial charge in [0.2, 0.25) is 0 Å². The van der Waals surface area contributed by atoms with E-state index in [9.17, 15) is 9.59 Å². The molecule has 45 valence electrons. The molecule has 0 amide bonds. The number of carboxylic acids is 2. The van der Waals surface area contributed by atoms with Gasteiger partial charge in [-0.2, -0.15) is 0 Å². The Labute approximate surface area is 60.9 Å². The van der Waals surface area contributed by atoms with Crippen LogP contribution >= 0.6 is 0 Å². The first-order valence-corrected chi connectivity index (χ1v) is 3.52. The first-order chi connectivity index (χ1) is 4.04. The van der Waals surface area contributed by atoms with E-state index in [0.717, 1.165) is 0 Å². The third-order valence-electron chi connectivity index (χ3n) is 0.572. The van der Waals surface area contributed by atoms with Gasteiger partial charge in [-0.05, 0) is 0 Å². The van der Waals surface area contributed by atoms with Crippen molar-refractivity contribution >= 4 is 11.9 Å². The fraction of sp³-hybridized carbons (Fsp3) is 0. The maximum atomic E-state index is 9.93. The third-order valence-corrected chi connectivity index (χ3v) is 1.64. The quantitative estimate of drug-likeness (QED) is 0.447. The van der Waals surface area contributed by atoms with Crippen LogP contribution in [0.5, 0.6) is 0 Å². The molecule has 0 aliphatic carbocycles. The molecule has 2 N–H and O–H groups in total. The second kappa shape index (κ2) is 3.35. The second-order valence-corrected chi connectivity index (χ2v) is 2.91. The Balaban J connectivity index is 4.17. The van der Waals surface area contributed by atoms with Gasteiger partial charge in [-0.15, -0.1) is 0 Å². The van der Waals surface area contributed by atoms with Crippen molar-refractivity contribution in [2.24, 2.45) is 0 Å². The van der Waals surface area contributed by atoms with E-state index in [-0.39, 0.29) is 4.17 Å². The van der Waals surface area contributed by atoms with Crippen LogP contribution in [0.4, 0.5) is 0 Å². The predicted molar refractivity (Wildman–Crippen MR) is 23.4 cm³/mol. The van der Waals surface area contributed by atoms with Gasteiger partial charge in [-0.25, -0.2) is 0 Å². The molecular formula is C4H3O4Zn. The molecule has 0 bridgehead atoms. The summed E-state index contributed by atoms with van der Waals surface area (Å²) in [6.45, 7) is 0. The van der Waals surface area contributed by atoms with Gasteiger partial charge >= 0.3 is 60.3 Å². The van der Waals surface area contributed by atoms with Crippen LogP contribution in [-0.2, 0) is 27.9 Å². The van der Waals surface area contributed by atoms with Gasteiger partial charge in [0, 0.05) is 0 Å². The van der Waals surface area contributed by atoms with Crippen molar-refractivity contribution < 1.29 is 38.1 Å². The normalized spacial score (nSPS) is 11.1. The molecule has 9 heavy (non-hydrogen) atoms. The number of aliphatic carboxylic acids is 2. The fourth-order valence-corrected chi connectivity index (χ4v) is 0.577.